The second-order valence-corrected chi connectivity index (χ2v) is 7.99. The lowest BCUT2D eigenvalue weighted by Gasteiger charge is -2.37. The molecule has 0 saturated carbocycles. The molecule has 3 aromatic rings. The van der Waals surface area contributed by atoms with E-state index in [9.17, 15) is 4.79 Å². The van der Waals surface area contributed by atoms with Crippen LogP contribution >= 0.6 is 0 Å². The molecule has 0 radical (unpaired) electrons. The van der Waals surface area contributed by atoms with Gasteiger partial charge < -0.3 is 9.64 Å². The highest BCUT2D eigenvalue weighted by Crippen LogP contribution is 2.30. The summed E-state index contributed by atoms with van der Waals surface area (Å²) in [4.78, 5) is 19.2. The van der Waals surface area contributed by atoms with E-state index >= 15 is 0 Å². The first-order valence-corrected chi connectivity index (χ1v) is 10.8. The fourth-order valence-electron chi connectivity index (χ4n) is 4.33. The summed E-state index contributed by atoms with van der Waals surface area (Å²) in [5.41, 5.74) is 2.85. The SMILES string of the molecule is C=C[C@H]1CN(C(=O)c2ccccc2)CC[C@H]1C/C=C/c1ccnc2ccc(OC)cc12. The number of carbonyl (C=O) groups excluding carboxylic acids is 1. The quantitative estimate of drug-likeness (QED) is 0.494. The number of fused-ring (bicyclic) bond motifs is 1. The molecule has 1 aromatic heterocycles. The molecule has 0 bridgehead atoms. The number of ether oxygens (including phenoxy) is 1. The van der Waals surface area contributed by atoms with Gasteiger partial charge in [-0.2, -0.15) is 0 Å². The van der Waals surface area contributed by atoms with Crippen molar-refractivity contribution in [3.05, 3.63) is 90.7 Å². The van der Waals surface area contributed by atoms with E-state index in [-0.39, 0.29) is 5.91 Å². The highest BCUT2D eigenvalue weighted by Gasteiger charge is 2.29. The van der Waals surface area contributed by atoms with Gasteiger partial charge >= 0.3 is 0 Å². The normalized spacial score (nSPS) is 18.9. The molecule has 0 unspecified atom stereocenters. The van der Waals surface area contributed by atoms with Crippen molar-refractivity contribution in [3.8, 4) is 5.75 Å². The van der Waals surface area contributed by atoms with Gasteiger partial charge in [-0.15, -0.1) is 6.58 Å². The monoisotopic (exact) mass is 412 g/mol. The predicted molar refractivity (Wildman–Crippen MR) is 126 cm³/mol. The van der Waals surface area contributed by atoms with Crippen molar-refractivity contribution >= 4 is 22.9 Å². The van der Waals surface area contributed by atoms with Crippen LogP contribution in [0.4, 0.5) is 0 Å². The Kier molecular flexibility index (Phi) is 6.46. The van der Waals surface area contributed by atoms with Gasteiger partial charge in [-0.3, -0.25) is 9.78 Å². The molecule has 4 heteroatoms. The highest BCUT2D eigenvalue weighted by molar-refractivity contribution is 5.94. The molecule has 0 spiro atoms. The molecule has 1 aliphatic heterocycles. The van der Waals surface area contributed by atoms with Gasteiger partial charge in [-0.05, 0) is 66.6 Å². The van der Waals surface area contributed by atoms with Gasteiger partial charge in [0, 0.05) is 30.2 Å². The molecule has 31 heavy (non-hydrogen) atoms. The number of nitrogens with zero attached hydrogens (tertiary/aromatic N) is 2. The van der Waals surface area contributed by atoms with Crippen molar-refractivity contribution in [1.82, 2.24) is 9.88 Å². The van der Waals surface area contributed by atoms with Crippen LogP contribution < -0.4 is 4.74 Å². The third-order valence-electron chi connectivity index (χ3n) is 6.14. The average molecular weight is 413 g/mol. The van der Waals surface area contributed by atoms with Crippen molar-refractivity contribution in [2.45, 2.75) is 12.8 Å². The maximum atomic E-state index is 12.8. The maximum absolute atomic E-state index is 12.8. The van der Waals surface area contributed by atoms with E-state index in [4.69, 9.17) is 4.74 Å². The number of amides is 1. The van der Waals surface area contributed by atoms with E-state index in [1.54, 1.807) is 7.11 Å². The van der Waals surface area contributed by atoms with Crippen molar-refractivity contribution < 1.29 is 9.53 Å². The zero-order valence-electron chi connectivity index (χ0n) is 17.9. The molecular formula is C27H28N2O2. The highest BCUT2D eigenvalue weighted by atomic mass is 16.5. The van der Waals surface area contributed by atoms with E-state index < -0.39 is 0 Å². The molecule has 1 amide bonds. The Balaban J connectivity index is 1.43. The zero-order chi connectivity index (χ0) is 21.6. The van der Waals surface area contributed by atoms with Gasteiger partial charge in [0.2, 0.25) is 0 Å². The Labute approximate surface area is 183 Å². The summed E-state index contributed by atoms with van der Waals surface area (Å²) in [5.74, 6) is 1.72. The van der Waals surface area contributed by atoms with Crippen molar-refractivity contribution in [1.29, 1.82) is 0 Å². The lowest BCUT2D eigenvalue weighted by Crippen LogP contribution is -2.43. The van der Waals surface area contributed by atoms with Crippen LogP contribution in [0.5, 0.6) is 5.75 Å². The number of benzene rings is 2. The van der Waals surface area contributed by atoms with E-state index in [0.29, 0.717) is 11.8 Å². The molecule has 1 saturated heterocycles. The summed E-state index contributed by atoms with van der Waals surface area (Å²) < 4.78 is 5.37. The summed E-state index contributed by atoms with van der Waals surface area (Å²) in [5, 5.41) is 1.08. The number of likely N-dealkylation sites (tertiary alicyclic amines) is 1. The first kappa shape index (κ1) is 20.9. The van der Waals surface area contributed by atoms with Crippen molar-refractivity contribution in [3.63, 3.8) is 0 Å². The molecule has 2 heterocycles. The van der Waals surface area contributed by atoms with Crippen LogP contribution in [0.15, 0.2) is 79.5 Å². The number of hydrogen-bond acceptors (Lipinski definition) is 3. The first-order chi connectivity index (χ1) is 15.2. The van der Waals surface area contributed by atoms with Gasteiger partial charge in [0.1, 0.15) is 5.75 Å². The van der Waals surface area contributed by atoms with Crippen LogP contribution in [-0.4, -0.2) is 36.0 Å². The second kappa shape index (κ2) is 9.61. The number of aromatic nitrogens is 1. The lowest BCUT2D eigenvalue weighted by atomic mass is 9.83. The van der Waals surface area contributed by atoms with Gasteiger partial charge in [0.15, 0.2) is 0 Å². The Morgan fingerprint density at radius 1 is 1.23 bits per heavy atom. The third-order valence-corrected chi connectivity index (χ3v) is 6.14. The van der Waals surface area contributed by atoms with Gasteiger partial charge in [-0.25, -0.2) is 0 Å². The number of pyridine rings is 1. The number of allylic oxidation sites excluding steroid dienone is 1. The average Bonchev–Trinajstić information content (AvgIpc) is 2.84. The fraction of sp³-hybridized carbons (Fsp3) is 0.259. The number of hydrogen-bond donors (Lipinski definition) is 0. The lowest BCUT2D eigenvalue weighted by molar-refractivity contribution is 0.0640. The van der Waals surface area contributed by atoms with E-state index in [1.165, 1.54) is 0 Å². The van der Waals surface area contributed by atoms with Crippen LogP contribution in [0.2, 0.25) is 0 Å². The van der Waals surface area contributed by atoms with Crippen molar-refractivity contribution in [2.75, 3.05) is 20.2 Å². The first-order valence-electron chi connectivity index (χ1n) is 10.8. The summed E-state index contributed by atoms with van der Waals surface area (Å²) in [7, 11) is 1.68. The molecule has 4 nitrogen and oxygen atoms in total. The minimum Gasteiger partial charge on any atom is -0.497 e. The molecule has 0 aliphatic carbocycles. The maximum Gasteiger partial charge on any atom is 0.253 e. The smallest absolute Gasteiger partial charge is 0.253 e. The Bertz CT molecular complexity index is 1090. The Morgan fingerprint density at radius 2 is 2.06 bits per heavy atom. The minimum atomic E-state index is 0.110. The van der Waals surface area contributed by atoms with Crippen LogP contribution in [0.1, 0.15) is 28.8 Å². The summed E-state index contributed by atoms with van der Waals surface area (Å²) in [6.45, 7) is 5.55. The van der Waals surface area contributed by atoms with Gasteiger partial charge in [0.05, 0.1) is 12.6 Å². The van der Waals surface area contributed by atoms with Crippen LogP contribution in [0.3, 0.4) is 0 Å². The molecule has 0 N–H and O–H groups in total. The number of piperidine rings is 1. The Morgan fingerprint density at radius 3 is 2.84 bits per heavy atom. The summed E-state index contributed by atoms with van der Waals surface area (Å²) in [6, 6.07) is 17.5. The van der Waals surface area contributed by atoms with E-state index in [2.05, 4.69) is 23.7 Å². The summed E-state index contributed by atoms with van der Waals surface area (Å²) >= 11 is 0. The van der Waals surface area contributed by atoms with Crippen LogP contribution in [0, 0.1) is 11.8 Å². The second-order valence-electron chi connectivity index (χ2n) is 7.99. The molecular weight excluding hydrogens is 384 g/mol. The molecule has 1 aliphatic rings. The molecule has 158 valence electrons. The molecule has 2 atom stereocenters. The van der Waals surface area contributed by atoms with Crippen molar-refractivity contribution in [2.24, 2.45) is 11.8 Å². The van der Waals surface area contributed by atoms with Gasteiger partial charge in [0.25, 0.3) is 5.91 Å². The number of carbonyl (C=O) groups is 1. The Hall–Kier alpha value is -3.40. The topological polar surface area (TPSA) is 42.4 Å². The zero-order valence-corrected chi connectivity index (χ0v) is 17.9. The van der Waals surface area contributed by atoms with E-state index in [0.717, 1.165) is 53.7 Å². The van der Waals surface area contributed by atoms with Crippen LogP contribution in [0.25, 0.3) is 17.0 Å². The van der Waals surface area contributed by atoms with Crippen LogP contribution in [-0.2, 0) is 0 Å². The summed E-state index contributed by atoms with van der Waals surface area (Å²) in [6.07, 6.45) is 10.2. The molecule has 1 fully saturated rings. The number of rotatable bonds is 6. The largest absolute Gasteiger partial charge is 0.497 e. The fourth-order valence-corrected chi connectivity index (χ4v) is 4.33. The molecule has 2 aromatic carbocycles. The number of methoxy groups -OCH3 is 1. The van der Waals surface area contributed by atoms with E-state index in [1.807, 2.05) is 71.8 Å². The third kappa shape index (κ3) is 4.69. The minimum absolute atomic E-state index is 0.110. The standard InChI is InChI=1S/C27H28N2O2/c1-3-20-19-29(27(30)23-8-5-4-6-9-23)17-15-21(20)10-7-11-22-14-16-28-26-13-12-24(31-2)18-25(22)26/h3-9,11-14,16,18,20-21H,1,10,15,17,19H2,2H3/b11-7+/t20-,21+/m0/s1. The molecule has 4 rings (SSSR count). The van der Waals surface area contributed by atoms with Gasteiger partial charge in [-0.1, -0.05) is 36.4 Å². The predicted octanol–water partition coefficient (Wildman–Crippen LogP) is 5.61.